The number of carbonyl (C=O) groups excluding carboxylic acids is 2. The molecule has 0 radical (unpaired) electrons. The number of anilines is 1. The zero-order valence-corrected chi connectivity index (χ0v) is 14.1. The first-order valence-electron chi connectivity index (χ1n) is 8.54. The van der Waals surface area contributed by atoms with E-state index in [0.29, 0.717) is 25.9 Å². The van der Waals surface area contributed by atoms with Crippen molar-refractivity contribution >= 4 is 17.6 Å². The Morgan fingerprint density at radius 1 is 1.33 bits per heavy atom. The van der Waals surface area contributed by atoms with E-state index in [1.807, 2.05) is 18.3 Å². The molecule has 2 fully saturated rings. The molecule has 0 unspecified atom stereocenters. The van der Waals surface area contributed by atoms with Crippen LogP contribution in [0.1, 0.15) is 18.4 Å². The molecule has 1 aromatic rings. The molecule has 7 heteroatoms. The summed E-state index contributed by atoms with van der Waals surface area (Å²) in [5.41, 5.74) is 0.987. The van der Waals surface area contributed by atoms with Crippen LogP contribution in [0.15, 0.2) is 18.3 Å². The summed E-state index contributed by atoms with van der Waals surface area (Å²) in [5, 5.41) is 5.67. The lowest BCUT2D eigenvalue weighted by atomic mass is 9.98. The predicted molar refractivity (Wildman–Crippen MR) is 91.5 cm³/mol. The van der Waals surface area contributed by atoms with Gasteiger partial charge in [-0.1, -0.05) is 6.07 Å². The molecule has 2 aliphatic rings. The number of rotatable bonds is 4. The van der Waals surface area contributed by atoms with Crippen molar-refractivity contribution in [1.29, 1.82) is 0 Å². The highest BCUT2D eigenvalue weighted by atomic mass is 16.2. The Labute approximate surface area is 142 Å². The summed E-state index contributed by atoms with van der Waals surface area (Å²) in [6, 6.07) is 4.04. The minimum Gasteiger partial charge on any atom is -0.355 e. The van der Waals surface area contributed by atoms with Gasteiger partial charge >= 0.3 is 0 Å². The van der Waals surface area contributed by atoms with Crippen LogP contribution in [-0.4, -0.2) is 61.5 Å². The van der Waals surface area contributed by atoms with Crippen molar-refractivity contribution in [3.8, 4) is 0 Å². The van der Waals surface area contributed by atoms with Gasteiger partial charge in [0, 0.05) is 51.9 Å². The van der Waals surface area contributed by atoms with Gasteiger partial charge in [0.1, 0.15) is 5.82 Å². The smallest absolute Gasteiger partial charge is 0.225 e. The zero-order valence-electron chi connectivity index (χ0n) is 14.1. The van der Waals surface area contributed by atoms with Gasteiger partial charge in [-0.3, -0.25) is 9.59 Å². The average Bonchev–Trinajstić information content (AvgIpc) is 2.61. The average molecular weight is 331 g/mol. The molecule has 1 aromatic heterocycles. The fraction of sp³-hybridized carbons (Fsp3) is 0.588. The molecule has 2 amide bonds. The van der Waals surface area contributed by atoms with Gasteiger partial charge in [0.25, 0.3) is 0 Å². The third-order valence-corrected chi connectivity index (χ3v) is 4.74. The lowest BCUT2D eigenvalue weighted by Crippen LogP contribution is -2.44. The molecule has 7 nitrogen and oxygen atoms in total. The number of nitrogens with one attached hydrogen (secondary N) is 2. The number of nitrogens with zero attached hydrogens (tertiary/aromatic N) is 3. The summed E-state index contributed by atoms with van der Waals surface area (Å²) in [5.74, 6) is 0.898. The fourth-order valence-corrected chi connectivity index (χ4v) is 3.03. The molecule has 2 N–H and O–H groups in total. The molecule has 24 heavy (non-hydrogen) atoms. The third-order valence-electron chi connectivity index (χ3n) is 4.74. The molecule has 0 spiro atoms. The van der Waals surface area contributed by atoms with Gasteiger partial charge in [-0.2, -0.15) is 0 Å². The second-order valence-corrected chi connectivity index (χ2v) is 6.57. The van der Waals surface area contributed by atoms with Crippen LogP contribution in [0.25, 0.3) is 0 Å². The number of piperidine rings is 1. The Morgan fingerprint density at radius 2 is 2.12 bits per heavy atom. The quantitative estimate of drug-likeness (QED) is 0.811. The van der Waals surface area contributed by atoms with Gasteiger partial charge in [0.05, 0.1) is 5.92 Å². The molecular formula is C17H25N5O2. The van der Waals surface area contributed by atoms with Crippen molar-refractivity contribution in [2.75, 3.05) is 44.7 Å². The summed E-state index contributed by atoms with van der Waals surface area (Å²) >= 11 is 0. The van der Waals surface area contributed by atoms with Crippen molar-refractivity contribution in [1.82, 2.24) is 20.5 Å². The maximum atomic E-state index is 12.1. The minimum absolute atomic E-state index is 0.00172. The van der Waals surface area contributed by atoms with E-state index < -0.39 is 0 Å². The second kappa shape index (κ2) is 7.61. The van der Waals surface area contributed by atoms with Crippen LogP contribution in [0.3, 0.4) is 0 Å². The van der Waals surface area contributed by atoms with Crippen LogP contribution in [0.4, 0.5) is 5.82 Å². The number of aromatic nitrogens is 1. The Kier molecular flexibility index (Phi) is 5.30. The number of carbonyl (C=O) groups is 2. The molecule has 0 saturated carbocycles. The van der Waals surface area contributed by atoms with Gasteiger partial charge in [0.15, 0.2) is 0 Å². The summed E-state index contributed by atoms with van der Waals surface area (Å²) in [6.07, 6.45) is 2.88. The minimum atomic E-state index is -0.125. The van der Waals surface area contributed by atoms with Crippen molar-refractivity contribution in [3.63, 3.8) is 0 Å². The second-order valence-electron chi connectivity index (χ2n) is 6.57. The van der Waals surface area contributed by atoms with E-state index in [1.165, 1.54) is 0 Å². The van der Waals surface area contributed by atoms with E-state index in [2.05, 4.69) is 32.5 Å². The lowest BCUT2D eigenvalue weighted by molar-refractivity contribution is -0.129. The fourth-order valence-electron chi connectivity index (χ4n) is 3.03. The van der Waals surface area contributed by atoms with Gasteiger partial charge in [-0.15, -0.1) is 0 Å². The number of piperazine rings is 1. The van der Waals surface area contributed by atoms with Gasteiger partial charge in [0.2, 0.25) is 11.8 Å². The van der Waals surface area contributed by atoms with Crippen LogP contribution < -0.4 is 15.5 Å². The normalized spacial score (nSPS) is 22.1. The molecule has 3 heterocycles. The maximum Gasteiger partial charge on any atom is 0.225 e. The summed E-state index contributed by atoms with van der Waals surface area (Å²) < 4.78 is 0. The Balaban J connectivity index is 1.47. The summed E-state index contributed by atoms with van der Waals surface area (Å²) in [4.78, 5) is 32.4. The molecule has 2 aliphatic heterocycles. The van der Waals surface area contributed by atoms with Crippen molar-refractivity contribution < 1.29 is 9.59 Å². The van der Waals surface area contributed by atoms with E-state index in [4.69, 9.17) is 0 Å². The Bertz CT molecular complexity index is 571. The molecular weight excluding hydrogens is 306 g/mol. The van der Waals surface area contributed by atoms with Crippen LogP contribution in [0.5, 0.6) is 0 Å². The number of pyridine rings is 1. The van der Waals surface area contributed by atoms with Crippen LogP contribution in [0, 0.1) is 5.92 Å². The largest absolute Gasteiger partial charge is 0.355 e. The van der Waals surface area contributed by atoms with E-state index in [0.717, 1.165) is 37.6 Å². The van der Waals surface area contributed by atoms with Crippen molar-refractivity contribution in [2.45, 2.75) is 19.4 Å². The topological polar surface area (TPSA) is 77.6 Å². The lowest BCUT2D eigenvalue weighted by Gasteiger charge is -2.33. The highest BCUT2D eigenvalue weighted by Crippen LogP contribution is 2.14. The monoisotopic (exact) mass is 331 g/mol. The first-order valence-corrected chi connectivity index (χ1v) is 8.54. The van der Waals surface area contributed by atoms with Gasteiger partial charge in [-0.25, -0.2) is 4.98 Å². The molecule has 0 aliphatic carbocycles. The Hall–Kier alpha value is -2.15. The summed E-state index contributed by atoms with van der Waals surface area (Å²) in [6.45, 7) is 5.00. The zero-order chi connectivity index (χ0) is 16.9. The van der Waals surface area contributed by atoms with Crippen molar-refractivity contribution in [3.05, 3.63) is 23.9 Å². The number of amides is 2. The molecule has 3 rings (SSSR count). The van der Waals surface area contributed by atoms with Crippen molar-refractivity contribution in [2.24, 2.45) is 5.92 Å². The first kappa shape index (κ1) is 16.7. The molecule has 0 bridgehead atoms. The Morgan fingerprint density at radius 3 is 2.75 bits per heavy atom. The molecule has 1 atom stereocenters. The maximum absolute atomic E-state index is 12.1. The predicted octanol–water partition coefficient (Wildman–Crippen LogP) is -0.0242. The molecule has 130 valence electrons. The van der Waals surface area contributed by atoms with E-state index in [1.54, 1.807) is 0 Å². The third kappa shape index (κ3) is 4.23. The standard InChI is InChI=1S/C17H25N5O2/c1-21-6-8-22(9-7-21)15-4-2-13(10-18-15)11-20-17(24)14-3-5-16(23)19-12-14/h2,4,10,14H,3,5-9,11-12H2,1H3,(H,19,23)(H,20,24)/t14-/m0/s1. The SMILES string of the molecule is CN1CCN(c2ccc(CNC(=O)[C@H]3CCC(=O)NC3)cn2)CC1. The van der Waals surface area contributed by atoms with Gasteiger partial charge in [-0.05, 0) is 25.1 Å². The number of hydrogen-bond acceptors (Lipinski definition) is 5. The van der Waals surface area contributed by atoms with Crippen LogP contribution in [0.2, 0.25) is 0 Å². The van der Waals surface area contributed by atoms with Crippen LogP contribution >= 0.6 is 0 Å². The number of hydrogen-bond donors (Lipinski definition) is 2. The molecule has 0 aromatic carbocycles. The van der Waals surface area contributed by atoms with E-state index in [9.17, 15) is 9.59 Å². The number of likely N-dealkylation sites (N-methyl/N-ethyl adjacent to an activating group) is 1. The van der Waals surface area contributed by atoms with Gasteiger partial charge < -0.3 is 20.4 Å². The highest BCUT2D eigenvalue weighted by molar-refractivity contribution is 5.83. The summed E-state index contributed by atoms with van der Waals surface area (Å²) in [7, 11) is 2.13. The highest BCUT2D eigenvalue weighted by Gasteiger charge is 2.24. The van der Waals surface area contributed by atoms with E-state index >= 15 is 0 Å². The molecule has 2 saturated heterocycles. The first-order chi connectivity index (χ1) is 11.6. The van der Waals surface area contributed by atoms with Crippen LogP contribution in [-0.2, 0) is 16.1 Å². The van der Waals surface area contributed by atoms with E-state index in [-0.39, 0.29) is 17.7 Å².